The molecule has 0 N–H and O–H groups in total. The summed E-state index contributed by atoms with van der Waals surface area (Å²) in [6, 6.07) is 12.5. The maximum absolute atomic E-state index is 6.23. The van der Waals surface area contributed by atoms with Crippen molar-refractivity contribution < 1.29 is 0 Å². The highest BCUT2D eigenvalue weighted by Crippen LogP contribution is 2.32. The molecule has 0 spiro atoms. The minimum atomic E-state index is 0.515. The van der Waals surface area contributed by atoms with Gasteiger partial charge < -0.3 is 4.90 Å². The van der Waals surface area contributed by atoms with Gasteiger partial charge in [0.05, 0.1) is 0 Å². The second kappa shape index (κ2) is 6.44. The van der Waals surface area contributed by atoms with E-state index in [1.165, 1.54) is 25.7 Å². The summed E-state index contributed by atoms with van der Waals surface area (Å²) in [5.74, 6) is 1.67. The molecule has 0 radical (unpaired) electrons. The summed E-state index contributed by atoms with van der Waals surface area (Å²) < 4.78 is 0. The number of anilines is 1. The molecule has 1 aliphatic carbocycles. The summed E-state index contributed by atoms with van der Waals surface area (Å²) in [4.78, 5) is 11.5. The second-order valence-electron chi connectivity index (χ2n) is 5.52. The molecule has 0 aliphatic heterocycles. The van der Waals surface area contributed by atoms with E-state index in [-0.39, 0.29) is 0 Å². The Kier molecular flexibility index (Phi) is 4.39. The van der Waals surface area contributed by atoms with Crippen LogP contribution in [-0.4, -0.2) is 22.6 Å². The summed E-state index contributed by atoms with van der Waals surface area (Å²) in [6.45, 7) is 3.26. The van der Waals surface area contributed by atoms with Gasteiger partial charge in [0.25, 0.3) is 0 Å². The number of hydrogen-bond donors (Lipinski definition) is 0. The van der Waals surface area contributed by atoms with Crippen LogP contribution < -0.4 is 4.90 Å². The number of aromatic nitrogens is 2. The maximum Gasteiger partial charge on any atom is 0.163 e. The highest BCUT2D eigenvalue weighted by atomic mass is 35.5. The third-order valence-corrected chi connectivity index (χ3v) is 3.94. The van der Waals surface area contributed by atoms with Crippen LogP contribution in [0.1, 0.15) is 32.6 Å². The molecule has 0 unspecified atom stereocenters. The molecule has 2 aromatic rings. The Morgan fingerprint density at radius 2 is 1.95 bits per heavy atom. The SMILES string of the molecule is CCCCN(c1cc(Cl)nc(-c2ccccc2)n1)C1CC1. The van der Waals surface area contributed by atoms with E-state index in [9.17, 15) is 0 Å². The van der Waals surface area contributed by atoms with Crippen molar-refractivity contribution in [2.45, 2.75) is 38.6 Å². The summed E-state index contributed by atoms with van der Waals surface area (Å²) in [7, 11) is 0. The smallest absolute Gasteiger partial charge is 0.163 e. The van der Waals surface area contributed by atoms with E-state index in [1.54, 1.807) is 0 Å². The first-order valence-corrected chi connectivity index (χ1v) is 8.02. The largest absolute Gasteiger partial charge is 0.353 e. The molecule has 1 aromatic carbocycles. The molecule has 0 amide bonds. The van der Waals surface area contributed by atoms with Crippen LogP contribution in [0.15, 0.2) is 36.4 Å². The van der Waals surface area contributed by atoms with Crippen LogP contribution in [0.2, 0.25) is 5.15 Å². The van der Waals surface area contributed by atoms with E-state index in [0.717, 1.165) is 17.9 Å². The molecule has 0 saturated heterocycles. The van der Waals surface area contributed by atoms with Gasteiger partial charge in [-0.1, -0.05) is 55.3 Å². The van der Waals surface area contributed by atoms with Gasteiger partial charge in [0.2, 0.25) is 0 Å². The lowest BCUT2D eigenvalue weighted by atomic mass is 10.2. The van der Waals surface area contributed by atoms with Crippen LogP contribution >= 0.6 is 11.6 Å². The Balaban J connectivity index is 1.93. The number of hydrogen-bond acceptors (Lipinski definition) is 3. The minimum Gasteiger partial charge on any atom is -0.353 e. The molecule has 3 nitrogen and oxygen atoms in total. The van der Waals surface area contributed by atoms with Gasteiger partial charge in [-0.05, 0) is 19.3 Å². The lowest BCUT2D eigenvalue weighted by Crippen LogP contribution is -2.28. The molecular weight excluding hydrogens is 282 g/mol. The third kappa shape index (κ3) is 3.53. The van der Waals surface area contributed by atoms with Crippen molar-refractivity contribution in [3.05, 3.63) is 41.6 Å². The van der Waals surface area contributed by atoms with Crippen LogP contribution in [0.25, 0.3) is 11.4 Å². The van der Waals surface area contributed by atoms with Crippen LogP contribution in [-0.2, 0) is 0 Å². The summed E-state index contributed by atoms with van der Waals surface area (Å²) in [5.41, 5.74) is 1.01. The third-order valence-electron chi connectivity index (χ3n) is 3.75. The predicted molar refractivity (Wildman–Crippen MR) is 87.8 cm³/mol. The predicted octanol–water partition coefficient (Wildman–Crippen LogP) is 4.57. The lowest BCUT2D eigenvalue weighted by Gasteiger charge is -2.23. The number of halogens is 1. The average Bonchev–Trinajstić information content (AvgIpc) is 3.33. The first-order chi connectivity index (χ1) is 10.3. The number of rotatable bonds is 6. The number of benzene rings is 1. The van der Waals surface area contributed by atoms with Crippen LogP contribution in [0, 0.1) is 0 Å². The standard InChI is InChI=1S/C17H20ClN3/c1-2-3-11-21(14-9-10-14)16-12-15(18)19-17(20-16)13-7-5-4-6-8-13/h4-8,12,14H,2-3,9-11H2,1H3. The first kappa shape index (κ1) is 14.3. The Hall–Kier alpha value is -1.61. The van der Waals surface area contributed by atoms with Crippen LogP contribution in [0.4, 0.5) is 5.82 Å². The van der Waals surface area contributed by atoms with Crippen molar-refractivity contribution in [1.29, 1.82) is 0 Å². The lowest BCUT2D eigenvalue weighted by molar-refractivity contribution is 0.704. The van der Waals surface area contributed by atoms with Gasteiger partial charge in [0, 0.05) is 24.2 Å². The summed E-state index contributed by atoms with van der Waals surface area (Å²) in [5, 5.41) is 0.515. The highest BCUT2D eigenvalue weighted by molar-refractivity contribution is 6.29. The van der Waals surface area contributed by atoms with Gasteiger partial charge in [-0.15, -0.1) is 0 Å². The van der Waals surface area contributed by atoms with E-state index in [4.69, 9.17) is 16.6 Å². The number of unbranched alkanes of at least 4 members (excludes halogenated alkanes) is 1. The quantitative estimate of drug-likeness (QED) is 0.732. The molecule has 1 saturated carbocycles. The van der Waals surface area contributed by atoms with Crippen molar-refractivity contribution >= 4 is 17.4 Å². The van der Waals surface area contributed by atoms with Crippen LogP contribution in [0.3, 0.4) is 0 Å². The summed E-state index contributed by atoms with van der Waals surface area (Å²) >= 11 is 6.23. The van der Waals surface area contributed by atoms with Crippen LogP contribution in [0.5, 0.6) is 0 Å². The number of nitrogens with zero attached hydrogens (tertiary/aromatic N) is 3. The minimum absolute atomic E-state index is 0.515. The van der Waals surface area contributed by atoms with E-state index in [0.29, 0.717) is 17.0 Å². The van der Waals surface area contributed by atoms with Crippen molar-refractivity contribution in [1.82, 2.24) is 9.97 Å². The van der Waals surface area contributed by atoms with Crippen molar-refractivity contribution in [3.63, 3.8) is 0 Å². The fourth-order valence-electron chi connectivity index (χ4n) is 2.47. The van der Waals surface area contributed by atoms with E-state index in [2.05, 4.69) is 16.8 Å². The zero-order valence-electron chi connectivity index (χ0n) is 12.3. The molecule has 1 aliphatic rings. The fraction of sp³-hybridized carbons (Fsp3) is 0.412. The molecule has 3 rings (SSSR count). The molecule has 1 heterocycles. The molecule has 0 atom stereocenters. The van der Waals surface area contributed by atoms with E-state index in [1.807, 2.05) is 36.4 Å². The Morgan fingerprint density at radius 3 is 2.62 bits per heavy atom. The summed E-state index contributed by atoms with van der Waals surface area (Å²) in [6.07, 6.45) is 4.88. The maximum atomic E-state index is 6.23. The average molecular weight is 302 g/mol. The molecular formula is C17H20ClN3. The molecule has 4 heteroatoms. The van der Waals surface area contributed by atoms with Gasteiger partial charge in [-0.3, -0.25) is 0 Å². The zero-order valence-corrected chi connectivity index (χ0v) is 13.1. The highest BCUT2D eigenvalue weighted by Gasteiger charge is 2.30. The first-order valence-electron chi connectivity index (χ1n) is 7.64. The van der Waals surface area contributed by atoms with Gasteiger partial charge >= 0.3 is 0 Å². The van der Waals surface area contributed by atoms with Crippen molar-refractivity contribution in [3.8, 4) is 11.4 Å². The monoisotopic (exact) mass is 301 g/mol. The Bertz CT molecular complexity index is 596. The van der Waals surface area contributed by atoms with Gasteiger partial charge in [0.15, 0.2) is 5.82 Å². The topological polar surface area (TPSA) is 29.0 Å². The van der Waals surface area contributed by atoms with E-state index >= 15 is 0 Å². The zero-order chi connectivity index (χ0) is 14.7. The molecule has 110 valence electrons. The fourth-order valence-corrected chi connectivity index (χ4v) is 2.65. The van der Waals surface area contributed by atoms with Crippen molar-refractivity contribution in [2.75, 3.05) is 11.4 Å². The van der Waals surface area contributed by atoms with Crippen molar-refractivity contribution in [2.24, 2.45) is 0 Å². The molecule has 1 aromatic heterocycles. The normalized spacial score (nSPS) is 14.2. The van der Waals surface area contributed by atoms with Gasteiger partial charge in [-0.2, -0.15) is 0 Å². The molecule has 1 fully saturated rings. The Labute approximate surface area is 131 Å². The van der Waals surface area contributed by atoms with Gasteiger partial charge in [-0.25, -0.2) is 9.97 Å². The second-order valence-corrected chi connectivity index (χ2v) is 5.90. The van der Waals surface area contributed by atoms with E-state index < -0.39 is 0 Å². The van der Waals surface area contributed by atoms with Gasteiger partial charge in [0.1, 0.15) is 11.0 Å². The molecule has 21 heavy (non-hydrogen) atoms. The Morgan fingerprint density at radius 1 is 1.19 bits per heavy atom. The molecule has 0 bridgehead atoms.